The van der Waals surface area contributed by atoms with E-state index in [1.807, 2.05) is 0 Å². The van der Waals surface area contributed by atoms with Crippen LogP contribution in [0.2, 0.25) is 0 Å². The molecule has 6 aromatic rings. The van der Waals surface area contributed by atoms with Crippen molar-refractivity contribution in [1.29, 1.82) is 0 Å². The number of rotatable bonds is 0. The Morgan fingerprint density at radius 2 is 0.643 bits per heavy atom. The molecule has 196 valence electrons. The van der Waals surface area contributed by atoms with Gasteiger partial charge in [0, 0.05) is 0 Å². The Balaban J connectivity index is 0.000000119. The van der Waals surface area contributed by atoms with Gasteiger partial charge in [0.25, 0.3) is 0 Å². The van der Waals surface area contributed by atoms with Gasteiger partial charge in [-0.25, -0.2) is 0 Å². The predicted octanol–water partition coefficient (Wildman–Crippen LogP) is 6.46. The molecule has 0 saturated heterocycles. The van der Waals surface area contributed by atoms with E-state index in [9.17, 15) is 0 Å². The second-order valence-corrected chi connectivity index (χ2v) is 11.7. The molecular formula is C42H28. The van der Waals surface area contributed by atoms with Crippen LogP contribution in [0.5, 0.6) is 0 Å². The van der Waals surface area contributed by atoms with Crippen LogP contribution in [-0.2, 0) is 12.8 Å². The fraction of sp³-hybridized carbons (Fsp3) is 0.0476. The summed E-state index contributed by atoms with van der Waals surface area (Å²) in [4.78, 5) is 0. The molecule has 0 fully saturated rings. The van der Waals surface area contributed by atoms with E-state index in [1.165, 1.54) is 87.6 Å². The molecule has 6 aromatic carbocycles. The first-order valence-corrected chi connectivity index (χ1v) is 14.9. The molecule has 0 aromatic heterocycles. The molecule has 0 radical (unpaired) electrons. The largest absolute Gasteiger partial charge is 0.0619 e. The van der Waals surface area contributed by atoms with Gasteiger partial charge in [-0.3, -0.25) is 0 Å². The normalized spacial score (nSPS) is 13.3. The van der Waals surface area contributed by atoms with Crippen LogP contribution < -0.4 is 20.9 Å². The van der Waals surface area contributed by atoms with Crippen molar-refractivity contribution in [2.45, 2.75) is 12.8 Å². The maximum absolute atomic E-state index is 2.36. The van der Waals surface area contributed by atoms with E-state index >= 15 is 0 Å². The minimum atomic E-state index is 1.04. The number of hydrogen-bond donors (Lipinski definition) is 0. The zero-order valence-electron chi connectivity index (χ0n) is 23.3. The third-order valence-corrected chi connectivity index (χ3v) is 9.33. The summed E-state index contributed by atoms with van der Waals surface area (Å²) in [5.41, 5.74) is 16.6. The standard InChI is InChI=1S/2C21H14/c2*1-2-6-15-12-20-17(11-14(15)5-1)9-10-19-18-8-4-3-7-16(18)13-21(19)20/h2*1-10,12-13H,11H2. The molecule has 0 nitrogen and oxygen atoms in total. The molecule has 0 heteroatoms. The molecule has 0 N–H and O–H groups in total. The highest BCUT2D eigenvalue weighted by molar-refractivity contribution is 5.85. The second kappa shape index (κ2) is 9.16. The topological polar surface area (TPSA) is 0 Å². The van der Waals surface area contributed by atoms with Crippen molar-refractivity contribution in [3.63, 3.8) is 0 Å². The summed E-state index contributed by atoms with van der Waals surface area (Å²) >= 11 is 0. The molecule has 0 heterocycles. The third kappa shape index (κ3) is 3.62. The van der Waals surface area contributed by atoms with Crippen LogP contribution in [0.25, 0.3) is 46.6 Å². The molecule has 0 aliphatic heterocycles. The average Bonchev–Trinajstić information content (AvgIpc) is 3.62. The Labute approximate surface area is 245 Å². The molecule has 10 rings (SSSR count). The van der Waals surface area contributed by atoms with Gasteiger partial charge in [-0.05, 0) is 125 Å². The Morgan fingerprint density at radius 3 is 1.12 bits per heavy atom. The van der Waals surface area contributed by atoms with Crippen molar-refractivity contribution in [2.75, 3.05) is 0 Å². The van der Waals surface area contributed by atoms with Crippen molar-refractivity contribution < 1.29 is 0 Å². The summed E-state index contributed by atoms with van der Waals surface area (Å²) in [7, 11) is 0. The maximum Gasteiger partial charge on any atom is -0.00137 e. The highest BCUT2D eigenvalue weighted by atomic mass is 14.2. The smallest absolute Gasteiger partial charge is 0.00137 e. The van der Waals surface area contributed by atoms with E-state index in [4.69, 9.17) is 0 Å². The monoisotopic (exact) mass is 532 g/mol. The van der Waals surface area contributed by atoms with Gasteiger partial charge in [-0.2, -0.15) is 0 Å². The lowest BCUT2D eigenvalue weighted by Gasteiger charge is -2.14. The van der Waals surface area contributed by atoms with Crippen LogP contribution in [0.3, 0.4) is 0 Å². The van der Waals surface area contributed by atoms with Crippen molar-refractivity contribution in [1.82, 2.24) is 0 Å². The van der Waals surface area contributed by atoms with Gasteiger partial charge in [0.1, 0.15) is 0 Å². The van der Waals surface area contributed by atoms with Gasteiger partial charge >= 0.3 is 0 Å². The SMILES string of the molecule is C1=c2c(ccc3c2=Cc2ccccc2-3)Cc2ccccc21.C1=c2c(ccc3c2=Cc2ccccc2-3)Cc2ccccc21. The highest BCUT2D eigenvalue weighted by Gasteiger charge is 2.18. The van der Waals surface area contributed by atoms with E-state index in [0.29, 0.717) is 0 Å². The lowest BCUT2D eigenvalue weighted by molar-refractivity contribution is 1.13. The minimum Gasteiger partial charge on any atom is -0.0619 e. The number of fused-ring (bicyclic) bond motifs is 12. The summed E-state index contributed by atoms with van der Waals surface area (Å²) in [6, 6.07) is 44.0. The molecule has 42 heavy (non-hydrogen) atoms. The number of hydrogen-bond acceptors (Lipinski definition) is 0. The molecular weight excluding hydrogens is 504 g/mol. The lowest BCUT2D eigenvalue weighted by atomic mass is 9.90. The van der Waals surface area contributed by atoms with Crippen LogP contribution in [0.4, 0.5) is 0 Å². The quantitative estimate of drug-likeness (QED) is 0.210. The van der Waals surface area contributed by atoms with Gasteiger partial charge in [0.05, 0.1) is 0 Å². The van der Waals surface area contributed by atoms with Crippen LogP contribution in [-0.4, -0.2) is 0 Å². The molecule has 4 aliphatic rings. The van der Waals surface area contributed by atoms with Gasteiger partial charge in [-0.1, -0.05) is 121 Å². The van der Waals surface area contributed by atoms with E-state index in [0.717, 1.165) is 12.8 Å². The van der Waals surface area contributed by atoms with Crippen molar-refractivity contribution in [3.05, 3.63) is 187 Å². The summed E-state index contributed by atoms with van der Waals surface area (Å²) in [6.07, 6.45) is 11.5. The van der Waals surface area contributed by atoms with Crippen molar-refractivity contribution >= 4 is 24.3 Å². The van der Waals surface area contributed by atoms with Gasteiger partial charge in [-0.15, -0.1) is 0 Å². The van der Waals surface area contributed by atoms with Gasteiger partial charge < -0.3 is 0 Å². The van der Waals surface area contributed by atoms with Crippen LogP contribution in [0, 0.1) is 0 Å². The summed E-state index contributed by atoms with van der Waals surface area (Å²) in [5, 5.41) is 5.59. The summed E-state index contributed by atoms with van der Waals surface area (Å²) in [5.74, 6) is 0. The molecule has 0 unspecified atom stereocenters. The van der Waals surface area contributed by atoms with Crippen LogP contribution >= 0.6 is 0 Å². The van der Waals surface area contributed by atoms with Crippen LogP contribution in [0.1, 0.15) is 44.5 Å². The van der Waals surface area contributed by atoms with Gasteiger partial charge in [0.2, 0.25) is 0 Å². The minimum absolute atomic E-state index is 1.04. The van der Waals surface area contributed by atoms with Crippen molar-refractivity contribution in [2.24, 2.45) is 0 Å². The second-order valence-electron chi connectivity index (χ2n) is 11.7. The first kappa shape index (κ1) is 23.5. The fourth-order valence-electron chi connectivity index (χ4n) is 7.23. The Kier molecular flexibility index (Phi) is 5.12. The zero-order valence-corrected chi connectivity index (χ0v) is 23.3. The summed E-state index contributed by atoms with van der Waals surface area (Å²) < 4.78 is 0. The first-order chi connectivity index (χ1) is 20.8. The molecule has 4 aliphatic carbocycles. The molecule has 0 spiro atoms. The van der Waals surface area contributed by atoms with Crippen molar-refractivity contribution in [3.8, 4) is 22.3 Å². The molecule has 0 amide bonds. The number of benzene rings is 6. The molecule has 0 bridgehead atoms. The lowest BCUT2D eigenvalue weighted by Crippen LogP contribution is -2.31. The first-order valence-electron chi connectivity index (χ1n) is 14.9. The zero-order chi connectivity index (χ0) is 27.6. The van der Waals surface area contributed by atoms with Crippen LogP contribution in [0.15, 0.2) is 121 Å². The highest BCUT2D eigenvalue weighted by Crippen LogP contribution is 2.28. The Hall–Kier alpha value is -5.20. The average molecular weight is 533 g/mol. The van der Waals surface area contributed by atoms with E-state index in [2.05, 4.69) is 146 Å². The fourth-order valence-corrected chi connectivity index (χ4v) is 7.23. The molecule has 0 atom stereocenters. The van der Waals surface area contributed by atoms with E-state index < -0.39 is 0 Å². The van der Waals surface area contributed by atoms with E-state index in [1.54, 1.807) is 0 Å². The maximum atomic E-state index is 2.36. The van der Waals surface area contributed by atoms with Gasteiger partial charge in [0.15, 0.2) is 0 Å². The Morgan fingerprint density at radius 1 is 0.262 bits per heavy atom. The predicted molar refractivity (Wildman–Crippen MR) is 175 cm³/mol. The Bertz CT molecular complexity index is 2180. The summed E-state index contributed by atoms with van der Waals surface area (Å²) in [6.45, 7) is 0. The third-order valence-electron chi connectivity index (χ3n) is 9.33. The van der Waals surface area contributed by atoms with E-state index in [-0.39, 0.29) is 0 Å². The molecule has 0 saturated carbocycles.